The SMILES string of the molecule is COc1cc(NCc2nccs2)c(F)cc1N. The fraction of sp³-hybridized carbons (Fsp3) is 0.182. The van der Waals surface area contributed by atoms with Crippen molar-refractivity contribution in [2.24, 2.45) is 0 Å². The number of ether oxygens (including phenoxy) is 1. The third-order valence-corrected chi connectivity index (χ3v) is 3.01. The van der Waals surface area contributed by atoms with Gasteiger partial charge in [-0.15, -0.1) is 11.3 Å². The Bertz CT molecular complexity index is 502. The first-order chi connectivity index (χ1) is 8.20. The summed E-state index contributed by atoms with van der Waals surface area (Å²) < 4.78 is 18.6. The average molecular weight is 253 g/mol. The molecule has 0 atom stereocenters. The Kier molecular flexibility index (Phi) is 3.43. The first-order valence-corrected chi connectivity index (χ1v) is 5.84. The molecular formula is C11H12FN3OS. The second-order valence-electron chi connectivity index (χ2n) is 3.35. The number of benzene rings is 1. The molecule has 0 fully saturated rings. The lowest BCUT2D eigenvalue weighted by Crippen LogP contribution is -2.03. The number of aromatic nitrogens is 1. The van der Waals surface area contributed by atoms with Crippen molar-refractivity contribution < 1.29 is 9.13 Å². The molecule has 0 radical (unpaired) electrons. The number of halogens is 1. The third kappa shape index (κ3) is 2.65. The van der Waals surface area contributed by atoms with E-state index < -0.39 is 5.82 Å². The molecule has 2 aromatic rings. The van der Waals surface area contributed by atoms with Gasteiger partial charge in [0.15, 0.2) is 0 Å². The standard InChI is InChI=1S/C11H12FN3OS/c1-16-10-5-9(7(12)4-8(10)13)15-6-11-14-2-3-17-11/h2-5,15H,6,13H2,1H3. The first kappa shape index (κ1) is 11.7. The molecule has 17 heavy (non-hydrogen) atoms. The number of hydrogen-bond acceptors (Lipinski definition) is 5. The van der Waals surface area contributed by atoms with Crippen molar-refractivity contribution in [2.75, 3.05) is 18.2 Å². The minimum absolute atomic E-state index is 0.282. The number of hydrogen-bond donors (Lipinski definition) is 2. The van der Waals surface area contributed by atoms with Crippen LogP contribution in [0.2, 0.25) is 0 Å². The van der Waals surface area contributed by atoms with Crippen LogP contribution in [-0.2, 0) is 6.54 Å². The van der Waals surface area contributed by atoms with Gasteiger partial charge in [0, 0.05) is 23.7 Å². The number of anilines is 2. The Morgan fingerprint density at radius 1 is 1.53 bits per heavy atom. The number of nitrogen functional groups attached to an aromatic ring is 1. The predicted octanol–water partition coefficient (Wildman–Crippen LogP) is 2.49. The maximum atomic E-state index is 13.6. The van der Waals surface area contributed by atoms with Gasteiger partial charge in [-0.3, -0.25) is 0 Å². The highest BCUT2D eigenvalue weighted by atomic mass is 32.1. The largest absolute Gasteiger partial charge is 0.495 e. The molecular weight excluding hydrogens is 241 g/mol. The highest BCUT2D eigenvalue weighted by molar-refractivity contribution is 7.09. The third-order valence-electron chi connectivity index (χ3n) is 2.23. The van der Waals surface area contributed by atoms with Gasteiger partial charge in [0.2, 0.25) is 0 Å². The summed E-state index contributed by atoms with van der Waals surface area (Å²) in [5, 5.41) is 5.72. The Hall–Kier alpha value is -1.82. The van der Waals surface area contributed by atoms with Crippen LogP contribution in [0.15, 0.2) is 23.7 Å². The fourth-order valence-electron chi connectivity index (χ4n) is 1.39. The number of rotatable bonds is 4. The molecule has 0 unspecified atom stereocenters. The molecule has 0 saturated carbocycles. The van der Waals surface area contributed by atoms with Crippen LogP contribution in [0.3, 0.4) is 0 Å². The van der Waals surface area contributed by atoms with Crippen LogP contribution in [-0.4, -0.2) is 12.1 Å². The smallest absolute Gasteiger partial charge is 0.148 e. The van der Waals surface area contributed by atoms with E-state index in [0.717, 1.165) is 5.01 Å². The molecule has 0 saturated heterocycles. The topological polar surface area (TPSA) is 60.2 Å². The zero-order valence-electron chi connectivity index (χ0n) is 9.24. The summed E-state index contributed by atoms with van der Waals surface area (Å²) in [5.41, 5.74) is 6.22. The summed E-state index contributed by atoms with van der Waals surface area (Å²) in [4.78, 5) is 4.10. The summed E-state index contributed by atoms with van der Waals surface area (Å²) in [6, 6.07) is 2.78. The molecule has 0 amide bonds. The van der Waals surface area contributed by atoms with Crippen molar-refractivity contribution in [3.63, 3.8) is 0 Å². The molecule has 3 N–H and O–H groups in total. The quantitative estimate of drug-likeness (QED) is 0.822. The number of thiazole rings is 1. The minimum atomic E-state index is -0.403. The van der Waals surface area contributed by atoms with E-state index in [1.54, 1.807) is 6.20 Å². The van der Waals surface area contributed by atoms with Gasteiger partial charge >= 0.3 is 0 Å². The van der Waals surface area contributed by atoms with E-state index >= 15 is 0 Å². The molecule has 1 heterocycles. The summed E-state index contributed by atoms with van der Waals surface area (Å²) in [7, 11) is 1.49. The lowest BCUT2D eigenvalue weighted by atomic mass is 10.2. The lowest BCUT2D eigenvalue weighted by molar-refractivity contribution is 0.416. The molecule has 1 aromatic heterocycles. The zero-order chi connectivity index (χ0) is 12.3. The van der Waals surface area contributed by atoms with Crippen molar-refractivity contribution in [2.45, 2.75) is 6.54 Å². The molecule has 0 spiro atoms. The summed E-state index contributed by atoms with van der Waals surface area (Å²) in [6.07, 6.45) is 1.71. The molecule has 90 valence electrons. The van der Waals surface area contributed by atoms with Crippen LogP contribution in [0.1, 0.15) is 5.01 Å². The lowest BCUT2D eigenvalue weighted by Gasteiger charge is -2.10. The summed E-state index contributed by atoms with van der Waals surface area (Å²) >= 11 is 1.51. The summed E-state index contributed by atoms with van der Waals surface area (Å²) in [5.74, 6) is 0.0490. The second kappa shape index (κ2) is 5.01. The number of nitrogens with one attached hydrogen (secondary N) is 1. The van der Waals surface area contributed by atoms with Gasteiger partial charge in [0.05, 0.1) is 25.0 Å². The maximum absolute atomic E-state index is 13.6. The van der Waals surface area contributed by atoms with Gasteiger partial charge < -0.3 is 15.8 Å². The van der Waals surface area contributed by atoms with E-state index in [0.29, 0.717) is 18.0 Å². The van der Waals surface area contributed by atoms with Gasteiger partial charge in [-0.25, -0.2) is 9.37 Å². The van der Waals surface area contributed by atoms with Crippen LogP contribution in [0.25, 0.3) is 0 Å². The molecule has 0 aliphatic carbocycles. The van der Waals surface area contributed by atoms with Crippen molar-refractivity contribution in [3.8, 4) is 5.75 Å². The Balaban J connectivity index is 2.15. The van der Waals surface area contributed by atoms with E-state index in [1.165, 1.54) is 30.6 Å². The Morgan fingerprint density at radius 2 is 2.35 bits per heavy atom. The Morgan fingerprint density at radius 3 is 3.00 bits per heavy atom. The van der Waals surface area contributed by atoms with E-state index in [-0.39, 0.29) is 5.69 Å². The van der Waals surface area contributed by atoms with E-state index in [4.69, 9.17) is 10.5 Å². The van der Waals surface area contributed by atoms with Crippen molar-refractivity contribution >= 4 is 22.7 Å². The monoisotopic (exact) mass is 253 g/mol. The van der Waals surface area contributed by atoms with E-state index in [9.17, 15) is 4.39 Å². The van der Waals surface area contributed by atoms with Crippen molar-refractivity contribution in [1.29, 1.82) is 0 Å². The van der Waals surface area contributed by atoms with Crippen LogP contribution >= 0.6 is 11.3 Å². The van der Waals surface area contributed by atoms with Crippen molar-refractivity contribution in [1.82, 2.24) is 4.98 Å². The minimum Gasteiger partial charge on any atom is -0.495 e. The van der Waals surface area contributed by atoms with Gasteiger partial charge in [-0.05, 0) is 0 Å². The Labute approximate surface area is 102 Å². The number of nitrogens with zero attached hydrogens (tertiary/aromatic N) is 1. The molecule has 6 heteroatoms. The summed E-state index contributed by atoms with van der Waals surface area (Å²) in [6.45, 7) is 0.474. The van der Waals surface area contributed by atoms with Gasteiger partial charge in [-0.2, -0.15) is 0 Å². The average Bonchev–Trinajstić information content (AvgIpc) is 2.81. The number of nitrogens with two attached hydrogens (primary N) is 1. The highest BCUT2D eigenvalue weighted by Crippen LogP contribution is 2.28. The second-order valence-corrected chi connectivity index (χ2v) is 4.33. The number of methoxy groups -OCH3 is 1. The fourth-order valence-corrected chi connectivity index (χ4v) is 1.95. The molecule has 2 rings (SSSR count). The predicted molar refractivity (Wildman–Crippen MR) is 66.8 cm³/mol. The van der Waals surface area contributed by atoms with Gasteiger partial charge in [0.1, 0.15) is 16.6 Å². The molecule has 0 aliphatic rings. The van der Waals surface area contributed by atoms with Crippen LogP contribution in [0.5, 0.6) is 5.75 Å². The van der Waals surface area contributed by atoms with E-state index in [1.807, 2.05) is 5.38 Å². The highest BCUT2D eigenvalue weighted by Gasteiger charge is 2.08. The van der Waals surface area contributed by atoms with Gasteiger partial charge in [-0.1, -0.05) is 0 Å². The molecule has 4 nitrogen and oxygen atoms in total. The molecule has 0 bridgehead atoms. The zero-order valence-corrected chi connectivity index (χ0v) is 10.1. The van der Waals surface area contributed by atoms with Crippen LogP contribution in [0, 0.1) is 5.82 Å². The van der Waals surface area contributed by atoms with Crippen molar-refractivity contribution in [3.05, 3.63) is 34.5 Å². The molecule has 0 aliphatic heterocycles. The maximum Gasteiger partial charge on any atom is 0.148 e. The van der Waals surface area contributed by atoms with Crippen LogP contribution in [0.4, 0.5) is 15.8 Å². The normalized spacial score (nSPS) is 10.2. The van der Waals surface area contributed by atoms with Crippen LogP contribution < -0.4 is 15.8 Å². The first-order valence-electron chi connectivity index (χ1n) is 4.96. The van der Waals surface area contributed by atoms with E-state index in [2.05, 4.69) is 10.3 Å². The van der Waals surface area contributed by atoms with Gasteiger partial charge in [0.25, 0.3) is 0 Å². The molecule has 1 aromatic carbocycles.